The molecule has 0 bridgehead atoms. The van der Waals surface area contributed by atoms with Gasteiger partial charge in [0.25, 0.3) is 11.8 Å². The molecular weight excluding hydrogens is 475 g/mol. The number of hydrogen-bond donors (Lipinski definition) is 1. The van der Waals surface area contributed by atoms with Gasteiger partial charge in [0.2, 0.25) is 5.91 Å². The lowest BCUT2D eigenvalue weighted by molar-refractivity contribution is -0.116. The Kier molecular flexibility index (Phi) is 5.50. The van der Waals surface area contributed by atoms with Gasteiger partial charge in [-0.3, -0.25) is 19.3 Å². The third-order valence-corrected chi connectivity index (χ3v) is 7.06. The SMILES string of the molecule is O=C(CN1C(=O)c2cc(Cl)c(Cl)cc2C1=O)Nc1ccc2nc(N3CCOCC3)sc2c1. The van der Waals surface area contributed by atoms with Gasteiger partial charge in [0.15, 0.2) is 5.13 Å². The highest BCUT2D eigenvalue weighted by Gasteiger charge is 2.37. The highest BCUT2D eigenvalue weighted by atomic mass is 35.5. The molecule has 1 N–H and O–H groups in total. The summed E-state index contributed by atoms with van der Waals surface area (Å²) in [6.45, 7) is 2.52. The van der Waals surface area contributed by atoms with Crippen molar-refractivity contribution < 1.29 is 19.1 Å². The second-order valence-corrected chi connectivity index (χ2v) is 9.16. The zero-order valence-electron chi connectivity index (χ0n) is 16.6. The van der Waals surface area contributed by atoms with Crippen LogP contribution in [0.15, 0.2) is 30.3 Å². The average molecular weight is 491 g/mol. The molecule has 2 aromatic carbocycles. The van der Waals surface area contributed by atoms with Crippen molar-refractivity contribution >= 4 is 73.3 Å². The van der Waals surface area contributed by atoms with Gasteiger partial charge in [-0.05, 0) is 30.3 Å². The number of anilines is 2. The predicted octanol–water partition coefficient (Wildman–Crippen LogP) is 3.67. The van der Waals surface area contributed by atoms with Crippen molar-refractivity contribution in [1.82, 2.24) is 9.88 Å². The highest BCUT2D eigenvalue weighted by Crippen LogP contribution is 2.32. The van der Waals surface area contributed by atoms with E-state index in [4.69, 9.17) is 27.9 Å². The second-order valence-electron chi connectivity index (χ2n) is 7.33. The van der Waals surface area contributed by atoms with E-state index in [2.05, 4.69) is 15.2 Å². The molecule has 0 radical (unpaired) electrons. The van der Waals surface area contributed by atoms with Crippen LogP contribution in [0, 0.1) is 0 Å². The normalized spacial score (nSPS) is 16.1. The van der Waals surface area contributed by atoms with Crippen molar-refractivity contribution in [2.45, 2.75) is 0 Å². The number of rotatable bonds is 4. The molecule has 1 fully saturated rings. The summed E-state index contributed by atoms with van der Waals surface area (Å²) in [4.78, 5) is 45.5. The summed E-state index contributed by atoms with van der Waals surface area (Å²) in [6.07, 6.45) is 0. The van der Waals surface area contributed by atoms with Crippen LogP contribution in [-0.2, 0) is 9.53 Å². The number of hydrogen-bond acceptors (Lipinski definition) is 7. The van der Waals surface area contributed by atoms with Crippen LogP contribution in [0.5, 0.6) is 0 Å². The third-order valence-electron chi connectivity index (χ3n) is 5.26. The van der Waals surface area contributed by atoms with Crippen molar-refractivity contribution in [1.29, 1.82) is 0 Å². The smallest absolute Gasteiger partial charge is 0.262 e. The number of ether oxygens (including phenoxy) is 1. The fourth-order valence-corrected chi connectivity index (χ4v) is 5.04. The van der Waals surface area contributed by atoms with Gasteiger partial charge in [0.05, 0.1) is 44.6 Å². The minimum atomic E-state index is -0.577. The summed E-state index contributed by atoms with van der Waals surface area (Å²) >= 11 is 13.5. The molecule has 0 unspecified atom stereocenters. The zero-order chi connectivity index (χ0) is 22.4. The Morgan fingerprint density at radius 2 is 1.72 bits per heavy atom. The molecule has 3 heterocycles. The summed E-state index contributed by atoms with van der Waals surface area (Å²) in [5, 5.41) is 4.01. The van der Waals surface area contributed by atoms with E-state index in [0.717, 1.165) is 33.3 Å². The number of imide groups is 1. The lowest BCUT2D eigenvalue weighted by atomic mass is 10.1. The first-order chi connectivity index (χ1) is 15.4. The molecule has 1 aromatic heterocycles. The van der Waals surface area contributed by atoms with Crippen LogP contribution in [0.25, 0.3) is 10.2 Å². The molecule has 32 heavy (non-hydrogen) atoms. The minimum absolute atomic E-state index is 0.138. The van der Waals surface area contributed by atoms with E-state index in [1.807, 2.05) is 12.1 Å². The van der Waals surface area contributed by atoms with Crippen molar-refractivity contribution in [3.05, 3.63) is 51.5 Å². The molecule has 0 aliphatic carbocycles. The lowest BCUT2D eigenvalue weighted by Crippen LogP contribution is -2.37. The summed E-state index contributed by atoms with van der Waals surface area (Å²) in [5.74, 6) is -1.65. The first-order valence-electron chi connectivity index (χ1n) is 9.79. The summed E-state index contributed by atoms with van der Waals surface area (Å²) in [7, 11) is 0. The van der Waals surface area contributed by atoms with Crippen molar-refractivity contribution in [3.8, 4) is 0 Å². The molecule has 0 atom stereocenters. The maximum atomic E-state index is 12.6. The van der Waals surface area contributed by atoms with Gasteiger partial charge < -0.3 is 15.0 Å². The van der Waals surface area contributed by atoms with E-state index in [1.165, 1.54) is 23.5 Å². The number of fused-ring (bicyclic) bond motifs is 2. The van der Waals surface area contributed by atoms with E-state index in [0.29, 0.717) is 18.9 Å². The molecular formula is C21H16Cl2N4O4S. The molecule has 164 valence electrons. The van der Waals surface area contributed by atoms with Gasteiger partial charge in [-0.2, -0.15) is 0 Å². The Morgan fingerprint density at radius 3 is 2.38 bits per heavy atom. The van der Waals surface area contributed by atoms with Crippen LogP contribution in [-0.4, -0.2) is 60.5 Å². The fourth-order valence-electron chi connectivity index (χ4n) is 3.65. The van der Waals surface area contributed by atoms with Gasteiger partial charge in [0.1, 0.15) is 6.54 Å². The van der Waals surface area contributed by atoms with Crippen LogP contribution in [0.4, 0.5) is 10.8 Å². The molecule has 0 saturated carbocycles. The van der Waals surface area contributed by atoms with E-state index in [-0.39, 0.29) is 21.2 Å². The molecule has 2 aliphatic rings. The Labute approximate surface area is 196 Å². The zero-order valence-corrected chi connectivity index (χ0v) is 18.9. The molecule has 3 aromatic rings. The second kappa shape index (κ2) is 8.32. The number of halogens is 2. The standard InChI is InChI=1S/C21H16Cl2N4O4S/c22-14-8-12-13(9-15(14)23)20(30)27(19(12)29)10-18(28)24-11-1-2-16-17(7-11)32-21(25-16)26-3-5-31-6-4-26/h1-2,7-9H,3-6,10H2,(H,24,28). The van der Waals surface area contributed by atoms with E-state index < -0.39 is 24.3 Å². The number of thiazole rings is 1. The van der Waals surface area contributed by atoms with Crippen LogP contribution in [0.1, 0.15) is 20.7 Å². The Morgan fingerprint density at radius 1 is 1.06 bits per heavy atom. The van der Waals surface area contributed by atoms with E-state index in [1.54, 1.807) is 6.07 Å². The van der Waals surface area contributed by atoms with E-state index in [9.17, 15) is 14.4 Å². The molecule has 1 saturated heterocycles. The monoisotopic (exact) mass is 490 g/mol. The van der Waals surface area contributed by atoms with Crippen molar-refractivity contribution in [3.63, 3.8) is 0 Å². The van der Waals surface area contributed by atoms with Gasteiger partial charge in [-0.15, -0.1) is 0 Å². The Balaban J connectivity index is 1.30. The average Bonchev–Trinajstić information content (AvgIpc) is 3.30. The highest BCUT2D eigenvalue weighted by molar-refractivity contribution is 7.22. The van der Waals surface area contributed by atoms with Gasteiger partial charge >= 0.3 is 0 Å². The summed E-state index contributed by atoms with van der Waals surface area (Å²) in [6, 6.07) is 8.10. The van der Waals surface area contributed by atoms with Crippen LogP contribution >= 0.6 is 34.5 Å². The number of aromatic nitrogens is 1. The first kappa shape index (κ1) is 21.1. The quantitative estimate of drug-likeness (QED) is 0.560. The van der Waals surface area contributed by atoms with Crippen LogP contribution in [0.2, 0.25) is 10.0 Å². The minimum Gasteiger partial charge on any atom is -0.378 e. The summed E-state index contributed by atoms with van der Waals surface area (Å²) in [5.41, 5.74) is 1.67. The Hall–Kier alpha value is -2.72. The fraction of sp³-hybridized carbons (Fsp3) is 0.238. The number of benzene rings is 2. The predicted molar refractivity (Wildman–Crippen MR) is 123 cm³/mol. The van der Waals surface area contributed by atoms with Gasteiger partial charge in [0, 0.05) is 18.8 Å². The first-order valence-corrected chi connectivity index (χ1v) is 11.4. The number of carbonyl (C=O) groups excluding carboxylic acids is 3. The molecule has 2 aliphatic heterocycles. The number of nitrogens with zero attached hydrogens (tertiary/aromatic N) is 3. The maximum absolute atomic E-state index is 12.6. The van der Waals surface area contributed by atoms with Crippen molar-refractivity contribution in [2.75, 3.05) is 43.1 Å². The van der Waals surface area contributed by atoms with E-state index >= 15 is 0 Å². The summed E-state index contributed by atoms with van der Waals surface area (Å²) < 4.78 is 6.31. The van der Waals surface area contributed by atoms with Gasteiger partial charge in [-0.1, -0.05) is 34.5 Å². The molecule has 11 heteroatoms. The third kappa shape index (κ3) is 3.81. The van der Waals surface area contributed by atoms with Crippen molar-refractivity contribution in [2.24, 2.45) is 0 Å². The number of amides is 3. The molecule has 8 nitrogen and oxygen atoms in total. The maximum Gasteiger partial charge on any atom is 0.262 e. The Bertz CT molecular complexity index is 1230. The molecule has 0 spiro atoms. The number of carbonyl (C=O) groups is 3. The van der Waals surface area contributed by atoms with Crippen LogP contribution in [0.3, 0.4) is 0 Å². The number of nitrogens with one attached hydrogen (secondary N) is 1. The number of morpholine rings is 1. The lowest BCUT2D eigenvalue weighted by Gasteiger charge is -2.25. The molecule has 3 amide bonds. The molecule has 5 rings (SSSR count). The largest absolute Gasteiger partial charge is 0.378 e. The topological polar surface area (TPSA) is 91.8 Å². The van der Waals surface area contributed by atoms with Gasteiger partial charge in [-0.25, -0.2) is 4.98 Å². The van der Waals surface area contributed by atoms with Crippen LogP contribution < -0.4 is 10.2 Å².